The number of aliphatic carboxylic acids is 1. The zero-order valence-corrected chi connectivity index (χ0v) is 13.3. The summed E-state index contributed by atoms with van der Waals surface area (Å²) in [7, 11) is 0. The lowest BCUT2D eigenvalue weighted by Crippen LogP contribution is -2.50. The Kier molecular flexibility index (Phi) is 3.23. The van der Waals surface area contributed by atoms with Gasteiger partial charge in [-0.2, -0.15) is 0 Å². The highest BCUT2D eigenvalue weighted by molar-refractivity contribution is 9.10. The highest BCUT2D eigenvalue weighted by Gasteiger charge is 2.67. The second-order valence-electron chi connectivity index (χ2n) is 5.36. The quantitative estimate of drug-likeness (QED) is 0.807. The van der Waals surface area contributed by atoms with Crippen molar-refractivity contribution in [2.45, 2.75) is 16.8 Å². The number of halogens is 1. The molecule has 0 aromatic heterocycles. The minimum absolute atomic E-state index is 0.104. The van der Waals surface area contributed by atoms with Crippen molar-refractivity contribution in [3.8, 4) is 0 Å². The normalized spacial score (nSPS) is 26.8. The zero-order valence-electron chi connectivity index (χ0n) is 11.7. The summed E-state index contributed by atoms with van der Waals surface area (Å²) >= 11 is 3.29. The lowest BCUT2D eigenvalue weighted by Gasteiger charge is -2.34. The largest absolute Gasteiger partial charge is 0.479 e. The van der Waals surface area contributed by atoms with E-state index in [-0.39, 0.29) is 11.1 Å². The number of benzene rings is 2. The van der Waals surface area contributed by atoms with Gasteiger partial charge >= 0.3 is 5.97 Å². The number of hydrogen-bond acceptors (Lipinski definition) is 3. The van der Waals surface area contributed by atoms with Crippen LogP contribution in [0.5, 0.6) is 0 Å². The van der Waals surface area contributed by atoms with Crippen LogP contribution >= 0.6 is 15.9 Å². The van der Waals surface area contributed by atoms with Gasteiger partial charge in [0.05, 0.1) is 0 Å². The molecule has 0 saturated carbocycles. The molecule has 1 aliphatic rings. The maximum absolute atomic E-state index is 12.9. The maximum atomic E-state index is 12.9. The van der Waals surface area contributed by atoms with E-state index in [0.717, 1.165) is 5.56 Å². The summed E-state index contributed by atoms with van der Waals surface area (Å²) in [6.07, 6.45) is 0. The molecule has 112 valence electrons. The number of aliphatic hydroxyl groups is 1. The lowest BCUT2D eigenvalue weighted by molar-refractivity contribution is -0.161. The van der Waals surface area contributed by atoms with Gasteiger partial charge in [-0.05, 0) is 18.1 Å². The van der Waals surface area contributed by atoms with Crippen LogP contribution in [-0.2, 0) is 14.7 Å². The molecular weight excluding hydrogens is 348 g/mol. The van der Waals surface area contributed by atoms with Crippen molar-refractivity contribution < 1.29 is 19.8 Å². The Morgan fingerprint density at radius 1 is 1.05 bits per heavy atom. The molecular formula is C17H13BrO4. The molecule has 2 aromatic rings. The number of ketones is 1. The molecule has 0 heterocycles. The minimum atomic E-state index is -2.37. The molecule has 0 fully saturated rings. The fraction of sp³-hybridized carbons (Fsp3) is 0.176. The van der Waals surface area contributed by atoms with Crippen LogP contribution in [-0.4, -0.2) is 22.0 Å². The molecule has 1 aliphatic carbocycles. The van der Waals surface area contributed by atoms with E-state index in [1.54, 1.807) is 43.3 Å². The number of fused-ring (bicyclic) bond motifs is 1. The van der Waals surface area contributed by atoms with Crippen LogP contribution in [0.4, 0.5) is 0 Å². The smallest absolute Gasteiger partial charge is 0.342 e. The molecule has 4 nitrogen and oxygen atoms in total. The predicted molar refractivity (Wildman–Crippen MR) is 84.1 cm³/mol. The third-order valence-electron chi connectivity index (χ3n) is 4.20. The van der Waals surface area contributed by atoms with Crippen LogP contribution in [0.3, 0.4) is 0 Å². The SMILES string of the molecule is Cc1ccccc1C1(Br)C(=O)c2ccccc2C1(O)C(=O)O. The van der Waals surface area contributed by atoms with E-state index < -0.39 is 21.7 Å². The highest BCUT2D eigenvalue weighted by Crippen LogP contribution is 2.56. The molecule has 2 aromatic carbocycles. The summed E-state index contributed by atoms with van der Waals surface area (Å²) in [4.78, 5) is 24.8. The number of hydrogen-bond donors (Lipinski definition) is 2. The molecule has 0 spiro atoms. The van der Waals surface area contributed by atoms with E-state index in [0.29, 0.717) is 5.56 Å². The third kappa shape index (κ3) is 1.61. The van der Waals surface area contributed by atoms with Crippen LogP contribution in [0.1, 0.15) is 27.0 Å². The van der Waals surface area contributed by atoms with Gasteiger partial charge in [0.2, 0.25) is 5.60 Å². The van der Waals surface area contributed by atoms with Gasteiger partial charge in [-0.1, -0.05) is 64.5 Å². The van der Waals surface area contributed by atoms with E-state index in [1.807, 2.05) is 0 Å². The third-order valence-corrected chi connectivity index (χ3v) is 5.56. The number of carbonyl (C=O) groups excluding carboxylic acids is 1. The lowest BCUT2D eigenvalue weighted by atomic mass is 9.80. The molecule has 0 saturated heterocycles. The summed E-state index contributed by atoms with van der Waals surface area (Å²) in [5, 5.41) is 20.7. The van der Waals surface area contributed by atoms with E-state index in [4.69, 9.17) is 0 Å². The number of carboxylic acid groups (broad SMARTS) is 1. The predicted octanol–water partition coefficient (Wildman–Crippen LogP) is 2.75. The van der Waals surface area contributed by atoms with E-state index in [9.17, 15) is 19.8 Å². The van der Waals surface area contributed by atoms with E-state index in [1.165, 1.54) is 12.1 Å². The Labute approximate surface area is 135 Å². The van der Waals surface area contributed by atoms with E-state index >= 15 is 0 Å². The van der Waals surface area contributed by atoms with Crippen molar-refractivity contribution in [1.82, 2.24) is 0 Å². The Balaban J connectivity index is 2.40. The standard InChI is InChI=1S/C17H13BrO4/c1-10-6-2-4-8-12(10)16(18)14(19)11-7-3-5-9-13(11)17(16,22)15(20)21/h2-9,22H,1H3,(H,20,21). The molecule has 0 radical (unpaired) electrons. The summed E-state index contributed by atoms with van der Waals surface area (Å²) in [5.41, 5.74) is -0.881. The fourth-order valence-electron chi connectivity index (χ4n) is 3.07. The molecule has 3 rings (SSSR count). The van der Waals surface area contributed by atoms with Gasteiger partial charge in [0.1, 0.15) is 0 Å². The van der Waals surface area contributed by atoms with Crippen LogP contribution in [0.2, 0.25) is 0 Å². The van der Waals surface area contributed by atoms with Crippen LogP contribution in [0, 0.1) is 6.92 Å². The monoisotopic (exact) mass is 360 g/mol. The topological polar surface area (TPSA) is 74.6 Å². The maximum Gasteiger partial charge on any atom is 0.342 e. The first-order valence-electron chi connectivity index (χ1n) is 6.70. The Hall–Kier alpha value is -1.98. The number of aryl methyl sites for hydroxylation is 1. The summed E-state index contributed by atoms with van der Waals surface area (Å²) in [6.45, 7) is 1.77. The van der Waals surface area contributed by atoms with Crippen molar-refractivity contribution >= 4 is 27.7 Å². The molecule has 5 heteroatoms. The molecule has 0 amide bonds. The van der Waals surface area contributed by atoms with Crippen LogP contribution in [0.25, 0.3) is 0 Å². The molecule has 2 atom stereocenters. The Morgan fingerprint density at radius 3 is 2.18 bits per heavy atom. The Bertz CT molecular complexity index is 801. The van der Waals surface area contributed by atoms with Gasteiger partial charge in [-0.3, -0.25) is 4.79 Å². The van der Waals surface area contributed by atoms with Crippen molar-refractivity contribution in [3.05, 3.63) is 70.8 Å². The van der Waals surface area contributed by atoms with Crippen LogP contribution in [0.15, 0.2) is 48.5 Å². The van der Waals surface area contributed by atoms with Gasteiger partial charge in [-0.15, -0.1) is 0 Å². The second-order valence-corrected chi connectivity index (χ2v) is 6.55. The first-order chi connectivity index (χ1) is 10.3. The fourth-order valence-corrected chi connectivity index (χ4v) is 4.11. The first kappa shape index (κ1) is 14.9. The highest BCUT2D eigenvalue weighted by atomic mass is 79.9. The number of Topliss-reactive ketones (excluding diaryl/α,β-unsaturated/α-hetero) is 1. The van der Waals surface area contributed by atoms with Gasteiger partial charge in [0.15, 0.2) is 10.1 Å². The number of rotatable bonds is 2. The second kappa shape index (κ2) is 4.76. The number of carbonyl (C=O) groups is 2. The van der Waals surface area contributed by atoms with Crippen LogP contribution < -0.4 is 0 Å². The van der Waals surface area contributed by atoms with Gasteiger partial charge in [0, 0.05) is 11.1 Å². The summed E-state index contributed by atoms with van der Waals surface area (Å²) < 4.78 is -1.75. The van der Waals surface area contributed by atoms with Crippen molar-refractivity contribution in [3.63, 3.8) is 0 Å². The van der Waals surface area contributed by atoms with E-state index in [2.05, 4.69) is 15.9 Å². The van der Waals surface area contributed by atoms with Crippen molar-refractivity contribution in [2.75, 3.05) is 0 Å². The van der Waals surface area contributed by atoms with Gasteiger partial charge in [-0.25, -0.2) is 4.79 Å². The molecule has 22 heavy (non-hydrogen) atoms. The number of alkyl halides is 1. The molecule has 2 N–H and O–H groups in total. The molecule has 2 unspecified atom stereocenters. The van der Waals surface area contributed by atoms with Gasteiger partial charge < -0.3 is 10.2 Å². The number of carboxylic acids is 1. The average molecular weight is 361 g/mol. The van der Waals surface area contributed by atoms with Crippen molar-refractivity contribution in [1.29, 1.82) is 0 Å². The summed E-state index contributed by atoms with van der Waals surface area (Å²) in [6, 6.07) is 13.2. The van der Waals surface area contributed by atoms with Crippen molar-refractivity contribution in [2.24, 2.45) is 0 Å². The summed E-state index contributed by atoms with van der Waals surface area (Å²) in [5.74, 6) is -1.92. The average Bonchev–Trinajstić information content (AvgIpc) is 2.69. The van der Waals surface area contributed by atoms with Gasteiger partial charge in [0.25, 0.3) is 0 Å². The first-order valence-corrected chi connectivity index (χ1v) is 7.49. The zero-order chi connectivity index (χ0) is 16.1. The Morgan fingerprint density at radius 2 is 1.59 bits per heavy atom. The molecule has 0 aliphatic heterocycles. The molecule has 0 bridgehead atoms. The minimum Gasteiger partial charge on any atom is -0.479 e.